The van der Waals surface area contributed by atoms with Gasteiger partial charge in [0.1, 0.15) is 5.75 Å². The zero-order chi connectivity index (χ0) is 15.2. The van der Waals surface area contributed by atoms with Gasteiger partial charge in [0.05, 0.1) is 14.2 Å². The number of carbonyl (C=O) groups is 1. The number of methoxy groups -OCH3 is 2. The van der Waals surface area contributed by atoms with Crippen LogP contribution in [-0.2, 0) is 9.53 Å². The second-order valence-corrected chi connectivity index (χ2v) is 5.30. The molecule has 2 aromatic rings. The zero-order valence-electron chi connectivity index (χ0n) is 11.8. The molecule has 0 heterocycles. The molecule has 0 bridgehead atoms. The number of benzene rings is 2. The Hall–Kier alpha value is -2.01. The molecule has 1 N–H and O–H groups in total. The fraction of sp³-hybridized carbons (Fsp3) is 0.188. The fourth-order valence-corrected chi connectivity index (χ4v) is 2.20. The van der Waals surface area contributed by atoms with Crippen molar-refractivity contribution < 1.29 is 14.3 Å². The average Bonchev–Trinajstić information content (AvgIpc) is 2.53. The molecule has 110 valence electrons. The van der Waals surface area contributed by atoms with Crippen LogP contribution in [0.25, 0.3) is 0 Å². The number of esters is 1. The first-order valence-corrected chi connectivity index (χ1v) is 7.17. The fourth-order valence-electron chi connectivity index (χ4n) is 1.93. The molecule has 0 spiro atoms. The van der Waals surface area contributed by atoms with Crippen LogP contribution in [-0.4, -0.2) is 20.2 Å². The van der Waals surface area contributed by atoms with Crippen LogP contribution in [0.1, 0.15) is 11.6 Å². The summed E-state index contributed by atoms with van der Waals surface area (Å²) in [4.78, 5) is 12.0. The van der Waals surface area contributed by atoms with Gasteiger partial charge in [-0.1, -0.05) is 34.1 Å². The summed E-state index contributed by atoms with van der Waals surface area (Å²) in [6, 6.07) is 14.4. The van der Waals surface area contributed by atoms with E-state index < -0.39 is 6.04 Å². The number of hydrogen-bond donors (Lipinski definition) is 1. The molecule has 2 rings (SSSR count). The highest BCUT2D eigenvalue weighted by molar-refractivity contribution is 9.10. The summed E-state index contributed by atoms with van der Waals surface area (Å²) < 4.78 is 11.0. The van der Waals surface area contributed by atoms with Crippen molar-refractivity contribution in [1.29, 1.82) is 0 Å². The third kappa shape index (κ3) is 3.98. The Bertz CT molecular complexity index is 613. The van der Waals surface area contributed by atoms with Gasteiger partial charge in [0.25, 0.3) is 0 Å². The molecule has 0 radical (unpaired) electrons. The number of halogens is 1. The SMILES string of the molecule is COC(=O)C(Nc1cccc(OC)c1)c1ccc(Br)cc1. The van der Waals surface area contributed by atoms with Crippen molar-refractivity contribution in [2.24, 2.45) is 0 Å². The van der Waals surface area contributed by atoms with Crippen LogP contribution in [0.15, 0.2) is 53.0 Å². The highest BCUT2D eigenvalue weighted by Gasteiger charge is 2.21. The first-order chi connectivity index (χ1) is 10.1. The van der Waals surface area contributed by atoms with Crippen LogP contribution < -0.4 is 10.1 Å². The predicted octanol–water partition coefficient (Wildman–Crippen LogP) is 3.78. The number of nitrogens with one attached hydrogen (secondary N) is 1. The smallest absolute Gasteiger partial charge is 0.332 e. The summed E-state index contributed by atoms with van der Waals surface area (Å²) in [5, 5.41) is 3.17. The van der Waals surface area contributed by atoms with E-state index in [-0.39, 0.29) is 5.97 Å². The Morgan fingerprint density at radius 3 is 2.48 bits per heavy atom. The quantitative estimate of drug-likeness (QED) is 0.834. The summed E-state index contributed by atoms with van der Waals surface area (Å²) in [6.07, 6.45) is 0. The first kappa shape index (κ1) is 15.4. The van der Waals surface area contributed by atoms with Gasteiger partial charge in [0.15, 0.2) is 6.04 Å². The normalized spacial score (nSPS) is 11.6. The minimum atomic E-state index is -0.574. The van der Waals surface area contributed by atoms with Crippen molar-refractivity contribution in [3.05, 3.63) is 58.6 Å². The molecule has 21 heavy (non-hydrogen) atoms. The topological polar surface area (TPSA) is 47.6 Å². The Kier molecular flexibility index (Phi) is 5.22. The van der Waals surface area contributed by atoms with Gasteiger partial charge in [-0.05, 0) is 29.8 Å². The summed E-state index contributed by atoms with van der Waals surface area (Å²) in [6.45, 7) is 0. The van der Waals surface area contributed by atoms with E-state index in [0.29, 0.717) is 0 Å². The molecule has 0 aliphatic rings. The maximum atomic E-state index is 12.0. The number of anilines is 1. The van der Waals surface area contributed by atoms with Crippen LogP contribution >= 0.6 is 15.9 Å². The van der Waals surface area contributed by atoms with Gasteiger partial charge in [0, 0.05) is 16.2 Å². The van der Waals surface area contributed by atoms with Crippen molar-refractivity contribution in [2.45, 2.75) is 6.04 Å². The molecule has 1 atom stereocenters. The maximum absolute atomic E-state index is 12.0. The van der Waals surface area contributed by atoms with Crippen molar-refractivity contribution in [3.8, 4) is 5.75 Å². The molecule has 0 aromatic heterocycles. The zero-order valence-corrected chi connectivity index (χ0v) is 13.4. The van der Waals surface area contributed by atoms with Gasteiger partial charge in [0.2, 0.25) is 0 Å². The number of carbonyl (C=O) groups excluding carboxylic acids is 1. The van der Waals surface area contributed by atoms with Crippen molar-refractivity contribution in [1.82, 2.24) is 0 Å². The summed E-state index contributed by atoms with van der Waals surface area (Å²) in [5.41, 5.74) is 1.61. The molecule has 0 saturated carbocycles. The molecule has 5 heteroatoms. The summed E-state index contributed by atoms with van der Waals surface area (Å²) >= 11 is 3.38. The van der Waals surface area contributed by atoms with Gasteiger partial charge in [-0.25, -0.2) is 4.79 Å². The van der Waals surface area contributed by atoms with E-state index in [1.165, 1.54) is 7.11 Å². The van der Waals surface area contributed by atoms with Gasteiger partial charge < -0.3 is 14.8 Å². The minimum Gasteiger partial charge on any atom is -0.497 e. The molecule has 0 saturated heterocycles. The third-order valence-electron chi connectivity index (χ3n) is 3.02. The molecule has 0 fully saturated rings. The van der Waals surface area contributed by atoms with Gasteiger partial charge in [-0.15, -0.1) is 0 Å². The van der Waals surface area contributed by atoms with Crippen LogP contribution in [0.5, 0.6) is 5.75 Å². The standard InChI is InChI=1S/C16H16BrNO3/c1-20-14-5-3-4-13(10-14)18-15(16(19)21-2)11-6-8-12(17)9-7-11/h3-10,15,18H,1-2H3. The Balaban J connectivity index is 2.28. The molecular formula is C16H16BrNO3. The number of rotatable bonds is 5. The lowest BCUT2D eigenvalue weighted by molar-refractivity contribution is -0.141. The highest BCUT2D eigenvalue weighted by atomic mass is 79.9. The number of hydrogen-bond acceptors (Lipinski definition) is 4. The number of ether oxygens (including phenoxy) is 2. The maximum Gasteiger partial charge on any atom is 0.332 e. The molecule has 4 nitrogen and oxygen atoms in total. The highest BCUT2D eigenvalue weighted by Crippen LogP contribution is 2.25. The van der Waals surface area contributed by atoms with Crippen LogP contribution in [0.4, 0.5) is 5.69 Å². The Morgan fingerprint density at radius 2 is 1.86 bits per heavy atom. The largest absolute Gasteiger partial charge is 0.497 e. The molecule has 0 amide bonds. The lowest BCUT2D eigenvalue weighted by Crippen LogP contribution is -2.22. The molecule has 1 unspecified atom stereocenters. The Morgan fingerprint density at radius 1 is 1.14 bits per heavy atom. The second-order valence-electron chi connectivity index (χ2n) is 4.38. The molecular weight excluding hydrogens is 334 g/mol. The van der Waals surface area contributed by atoms with Gasteiger partial charge in [-0.2, -0.15) is 0 Å². The van der Waals surface area contributed by atoms with E-state index in [0.717, 1.165) is 21.5 Å². The lowest BCUT2D eigenvalue weighted by atomic mass is 10.1. The minimum absolute atomic E-state index is 0.347. The Labute approximate surface area is 132 Å². The van der Waals surface area contributed by atoms with Crippen LogP contribution in [0, 0.1) is 0 Å². The van der Waals surface area contributed by atoms with Crippen LogP contribution in [0.2, 0.25) is 0 Å². The van der Waals surface area contributed by atoms with Gasteiger partial charge in [-0.3, -0.25) is 0 Å². The molecule has 2 aromatic carbocycles. The van der Waals surface area contributed by atoms with Crippen LogP contribution in [0.3, 0.4) is 0 Å². The van der Waals surface area contributed by atoms with E-state index in [2.05, 4.69) is 21.2 Å². The van der Waals surface area contributed by atoms with Crippen molar-refractivity contribution in [3.63, 3.8) is 0 Å². The third-order valence-corrected chi connectivity index (χ3v) is 3.55. The van der Waals surface area contributed by atoms with E-state index >= 15 is 0 Å². The van der Waals surface area contributed by atoms with E-state index in [1.54, 1.807) is 7.11 Å². The summed E-state index contributed by atoms with van der Waals surface area (Å²) in [7, 11) is 2.98. The first-order valence-electron chi connectivity index (χ1n) is 6.38. The second kappa shape index (κ2) is 7.13. The van der Waals surface area contributed by atoms with E-state index in [4.69, 9.17) is 9.47 Å². The van der Waals surface area contributed by atoms with Gasteiger partial charge >= 0.3 is 5.97 Å². The monoisotopic (exact) mass is 349 g/mol. The van der Waals surface area contributed by atoms with E-state index in [9.17, 15) is 4.79 Å². The average molecular weight is 350 g/mol. The molecule has 0 aliphatic heterocycles. The van der Waals surface area contributed by atoms with Crippen molar-refractivity contribution in [2.75, 3.05) is 19.5 Å². The van der Waals surface area contributed by atoms with Crippen molar-refractivity contribution >= 4 is 27.6 Å². The predicted molar refractivity (Wildman–Crippen MR) is 85.5 cm³/mol. The lowest BCUT2D eigenvalue weighted by Gasteiger charge is -2.18. The summed E-state index contributed by atoms with van der Waals surface area (Å²) in [5.74, 6) is 0.375. The molecule has 0 aliphatic carbocycles. The van der Waals surface area contributed by atoms with E-state index in [1.807, 2.05) is 48.5 Å².